The number of carbonyl (C=O) groups is 1. The largest absolute Gasteiger partial charge is 0.349 e. The van der Waals surface area contributed by atoms with Gasteiger partial charge in [-0.3, -0.25) is 9.48 Å². The zero-order valence-corrected chi connectivity index (χ0v) is 9.16. The molecule has 0 spiro atoms. The number of nitrogens with one attached hydrogen (secondary N) is 1. The number of aryl methyl sites for hydroxylation is 1. The summed E-state index contributed by atoms with van der Waals surface area (Å²) < 4.78 is 1.81. The third kappa shape index (κ3) is 2.13. The first-order chi connectivity index (χ1) is 6.56. The Balaban J connectivity index is 2.74. The molecule has 1 atom stereocenters. The summed E-state index contributed by atoms with van der Waals surface area (Å²) in [7, 11) is 1.90. The predicted molar refractivity (Wildman–Crippen MR) is 54.8 cm³/mol. The number of aromatic nitrogens is 2. The fraction of sp³-hybridized carbons (Fsp3) is 0.600. The molecule has 0 aliphatic carbocycles. The maximum absolute atomic E-state index is 11.2. The molecule has 1 N–H and O–H groups in total. The van der Waals surface area contributed by atoms with Gasteiger partial charge in [0.1, 0.15) is 0 Å². The van der Waals surface area contributed by atoms with Crippen molar-refractivity contribution in [2.75, 3.05) is 0 Å². The molecular weight excluding hydrogens is 178 g/mol. The standard InChI is InChI=1S/C10H17N3O/c1-5-10(14)12-7(2)9-6-11-13(4)8(9)3/h6-7H,5H2,1-4H3,(H,12,14). The summed E-state index contributed by atoms with van der Waals surface area (Å²) in [5, 5.41) is 7.04. The minimum absolute atomic E-state index is 0.0381. The SMILES string of the molecule is CCC(=O)NC(C)c1cnn(C)c1C. The first-order valence-electron chi connectivity index (χ1n) is 4.84. The minimum Gasteiger partial charge on any atom is -0.349 e. The van der Waals surface area contributed by atoms with Gasteiger partial charge < -0.3 is 5.32 Å². The van der Waals surface area contributed by atoms with Crippen LogP contribution in [0.5, 0.6) is 0 Å². The summed E-state index contributed by atoms with van der Waals surface area (Å²) in [6, 6.07) is 0.0381. The Morgan fingerprint density at radius 1 is 1.71 bits per heavy atom. The van der Waals surface area contributed by atoms with E-state index in [2.05, 4.69) is 10.4 Å². The molecule has 0 saturated carbocycles. The Morgan fingerprint density at radius 3 is 2.79 bits per heavy atom. The second-order valence-corrected chi connectivity index (χ2v) is 3.45. The minimum atomic E-state index is 0.0381. The van der Waals surface area contributed by atoms with Crippen molar-refractivity contribution in [1.29, 1.82) is 0 Å². The van der Waals surface area contributed by atoms with Crippen molar-refractivity contribution in [2.45, 2.75) is 33.2 Å². The molecule has 0 aliphatic heterocycles. The van der Waals surface area contributed by atoms with Crippen LogP contribution < -0.4 is 5.32 Å². The number of amides is 1. The molecule has 4 heteroatoms. The van der Waals surface area contributed by atoms with Crippen molar-refractivity contribution in [3.05, 3.63) is 17.5 Å². The highest BCUT2D eigenvalue weighted by Crippen LogP contribution is 2.15. The lowest BCUT2D eigenvalue weighted by Gasteiger charge is -2.12. The summed E-state index contributed by atoms with van der Waals surface area (Å²) in [6.45, 7) is 5.81. The smallest absolute Gasteiger partial charge is 0.220 e. The molecule has 0 radical (unpaired) electrons. The van der Waals surface area contributed by atoms with Gasteiger partial charge in [-0.05, 0) is 13.8 Å². The molecular formula is C10H17N3O. The summed E-state index contributed by atoms with van der Waals surface area (Å²) in [5.74, 6) is 0.0701. The highest BCUT2D eigenvalue weighted by molar-refractivity contribution is 5.76. The molecule has 0 bridgehead atoms. The lowest BCUT2D eigenvalue weighted by molar-refractivity contribution is -0.121. The van der Waals surface area contributed by atoms with Crippen LogP contribution in [0.15, 0.2) is 6.20 Å². The van der Waals surface area contributed by atoms with Crippen LogP contribution in [0.2, 0.25) is 0 Å². The number of nitrogens with zero attached hydrogens (tertiary/aromatic N) is 2. The van der Waals surface area contributed by atoms with Crippen molar-refractivity contribution >= 4 is 5.91 Å². The van der Waals surface area contributed by atoms with E-state index < -0.39 is 0 Å². The van der Waals surface area contributed by atoms with Crippen molar-refractivity contribution in [2.24, 2.45) is 7.05 Å². The maximum Gasteiger partial charge on any atom is 0.220 e. The fourth-order valence-electron chi connectivity index (χ4n) is 1.36. The average Bonchev–Trinajstić information content (AvgIpc) is 2.47. The van der Waals surface area contributed by atoms with Gasteiger partial charge in [0.05, 0.1) is 12.2 Å². The summed E-state index contributed by atoms with van der Waals surface area (Å²) >= 11 is 0. The number of rotatable bonds is 3. The van der Waals surface area contributed by atoms with Gasteiger partial charge in [-0.2, -0.15) is 5.10 Å². The second-order valence-electron chi connectivity index (χ2n) is 3.45. The monoisotopic (exact) mass is 195 g/mol. The Morgan fingerprint density at radius 2 is 2.36 bits per heavy atom. The van der Waals surface area contributed by atoms with Crippen LogP contribution in [0.4, 0.5) is 0 Å². The van der Waals surface area contributed by atoms with Crippen LogP contribution in [-0.2, 0) is 11.8 Å². The van der Waals surface area contributed by atoms with E-state index >= 15 is 0 Å². The molecule has 14 heavy (non-hydrogen) atoms. The topological polar surface area (TPSA) is 46.9 Å². The van der Waals surface area contributed by atoms with Gasteiger partial charge in [-0.1, -0.05) is 6.92 Å². The van der Waals surface area contributed by atoms with Gasteiger partial charge in [0.2, 0.25) is 5.91 Å². The summed E-state index contributed by atoms with van der Waals surface area (Å²) in [5.41, 5.74) is 2.17. The van der Waals surface area contributed by atoms with Crippen LogP contribution in [0.1, 0.15) is 37.6 Å². The molecule has 1 aromatic heterocycles. The van der Waals surface area contributed by atoms with Crippen LogP contribution in [0.25, 0.3) is 0 Å². The number of carbonyl (C=O) groups excluding carboxylic acids is 1. The molecule has 1 aromatic rings. The average molecular weight is 195 g/mol. The van der Waals surface area contributed by atoms with Crippen molar-refractivity contribution < 1.29 is 4.79 Å². The van der Waals surface area contributed by atoms with Crippen LogP contribution in [0.3, 0.4) is 0 Å². The van der Waals surface area contributed by atoms with E-state index in [-0.39, 0.29) is 11.9 Å². The van der Waals surface area contributed by atoms with E-state index in [0.29, 0.717) is 6.42 Å². The Kier molecular flexibility index (Phi) is 3.28. The Labute approximate surface area is 84.3 Å². The van der Waals surface area contributed by atoms with Crippen molar-refractivity contribution in [3.63, 3.8) is 0 Å². The van der Waals surface area contributed by atoms with Crippen LogP contribution in [0, 0.1) is 6.92 Å². The van der Waals surface area contributed by atoms with Crippen molar-refractivity contribution in [1.82, 2.24) is 15.1 Å². The van der Waals surface area contributed by atoms with Gasteiger partial charge in [0.15, 0.2) is 0 Å². The lowest BCUT2D eigenvalue weighted by atomic mass is 10.1. The molecule has 0 aromatic carbocycles. The van der Waals surface area contributed by atoms with Gasteiger partial charge in [0.25, 0.3) is 0 Å². The first kappa shape index (κ1) is 10.8. The molecule has 1 rings (SSSR count). The van der Waals surface area contributed by atoms with E-state index in [0.717, 1.165) is 11.3 Å². The van der Waals surface area contributed by atoms with Crippen LogP contribution in [-0.4, -0.2) is 15.7 Å². The highest BCUT2D eigenvalue weighted by Gasteiger charge is 2.13. The molecule has 1 amide bonds. The molecule has 0 aliphatic rings. The van der Waals surface area contributed by atoms with E-state index in [9.17, 15) is 4.79 Å². The normalized spacial score (nSPS) is 12.6. The van der Waals surface area contributed by atoms with Crippen molar-refractivity contribution in [3.8, 4) is 0 Å². The third-order valence-electron chi connectivity index (χ3n) is 2.44. The molecule has 1 heterocycles. The Hall–Kier alpha value is -1.32. The van der Waals surface area contributed by atoms with E-state index in [1.807, 2.05) is 32.5 Å². The van der Waals surface area contributed by atoms with Gasteiger partial charge in [-0.15, -0.1) is 0 Å². The molecule has 0 saturated heterocycles. The highest BCUT2D eigenvalue weighted by atomic mass is 16.1. The maximum atomic E-state index is 11.2. The predicted octanol–water partition coefficient (Wildman–Crippen LogP) is 1.32. The van der Waals surface area contributed by atoms with Gasteiger partial charge in [-0.25, -0.2) is 0 Å². The Bertz CT molecular complexity index is 330. The van der Waals surface area contributed by atoms with E-state index in [1.165, 1.54) is 0 Å². The first-order valence-corrected chi connectivity index (χ1v) is 4.84. The number of hydrogen-bond acceptors (Lipinski definition) is 2. The summed E-state index contributed by atoms with van der Waals surface area (Å²) in [6.07, 6.45) is 2.32. The molecule has 1 unspecified atom stereocenters. The molecule has 0 fully saturated rings. The third-order valence-corrected chi connectivity index (χ3v) is 2.44. The lowest BCUT2D eigenvalue weighted by Crippen LogP contribution is -2.25. The quantitative estimate of drug-likeness (QED) is 0.790. The van der Waals surface area contributed by atoms with Crippen LogP contribution >= 0.6 is 0 Å². The fourth-order valence-corrected chi connectivity index (χ4v) is 1.36. The molecule has 78 valence electrons. The number of hydrogen-bond donors (Lipinski definition) is 1. The van der Waals surface area contributed by atoms with Gasteiger partial charge >= 0.3 is 0 Å². The molecule has 4 nitrogen and oxygen atoms in total. The summed E-state index contributed by atoms with van der Waals surface area (Å²) in [4.78, 5) is 11.2. The second kappa shape index (κ2) is 4.26. The van der Waals surface area contributed by atoms with E-state index in [1.54, 1.807) is 6.20 Å². The van der Waals surface area contributed by atoms with E-state index in [4.69, 9.17) is 0 Å². The van der Waals surface area contributed by atoms with Gasteiger partial charge in [0, 0.05) is 24.7 Å². The zero-order chi connectivity index (χ0) is 10.7. The zero-order valence-electron chi connectivity index (χ0n) is 9.16.